The van der Waals surface area contributed by atoms with Crippen LogP contribution >= 0.6 is 11.6 Å². The lowest BCUT2D eigenvalue weighted by molar-refractivity contribution is -0.120. The van der Waals surface area contributed by atoms with Gasteiger partial charge in [0.05, 0.1) is 12.8 Å². The molecule has 2 amide bonds. The predicted octanol–water partition coefficient (Wildman–Crippen LogP) is 2.02. The standard InChI is InChI=1S/C15H15ClN2O3/c16-12-5-3-11(4-6-12)7-8-17-14(19)10-18-15(20)13-2-1-9-21-13/h1-6,9H,7-8,10H2,(H,17,19)(H,18,20). The normalized spacial score (nSPS) is 10.1. The van der Waals surface area contributed by atoms with Crippen LogP contribution in [0.25, 0.3) is 0 Å². The zero-order chi connectivity index (χ0) is 15.1. The highest BCUT2D eigenvalue weighted by Crippen LogP contribution is 2.09. The number of furan rings is 1. The SMILES string of the molecule is O=C(CNC(=O)c1ccco1)NCCc1ccc(Cl)cc1. The van der Waals surface area contributed by atoms with Gasteiger partial charge in [-0.2, -0.15) is 0 Å². The van der Waals surface area contributed by atoms with E-state index in [1.807, 2.05) is 24.3 Å². The summed E-state index contributed by atoms with van der Waals surface area (Å²) in [4.78, 5) is 23.1. The molecule has 0 saturated carbocycles. The van der Waals surface area contributed by atoms with Gasteiger partial charge in [0, 0.05) is 11.6 Å². The van der Waals surface area contributed by atoms with Gasteiger partial charge in [0.15, 0.2) is 5.76 Å². The first-order valence-corrected chi connectivity index (χ1v) is 6.86. The maximum absolute atomic E-state index is 11.6. The van der Waals surface area contributed by atoms with Gasteiger partial charge in [-0.1, -0.05) is 23.7 Å². The molecule has 0 aliphatic rings. The van der Waals surface area contributed by atoms with E-state index >= 15 is 0 Å². The molecule has 2 aromatic rings. The van der Waals surface area contributed by atoms with Crippen molar-refractivity contribution in [3.05, 3.63) is 59.0 Å². The average molecular weight is 307 g/mol. The Morgan fingerprint density at radius 2 is 1.86 bits per heavy atom. The second-order valence-electron chi connectivity index (χ2n) is 4.39. The summed E-state index contributed by atoms with van der Waals surface area (Å²) in [5, 5.41) is 5.89. The maximum atomic E-state index is 11.6. The summed E-state index contributed by atoms with van der Waals surface area (Å²) in [7, 11) is 0. The minimum Gasteiger partial charge on any atom is -0.459 e. The predicted molar refractivity (Wildman–Crippen MR) is 79.2 cm³/mol. The average Bonchev–Trinajstić information content (AvgIpc) is 3.01. The molecule has 0 bridgehead atoms. The first-order valence-electron chi connectivity index (χ1n) is 6.48. The van der Waals surface area contributed by atoms with Crippen LogP contribution in [-0.2, 0) is 11.2 Å². The molecule has 5 nitrogen and oxygen atoms in total. The number of hydrogen-bond acceptors (Lipinski definition) is 3. The minimum absolute atomic E-state index is 0.0832. The molecule has 1 aromatic heterocycles. The third-order valence-corrected chi connectivity index (χ3v) is 3.06. The Bertz CT molecular complexity index is 594. The summed E-state index contributed by atoms with van der Waals surface area (Å²) in [5.41, 5.74) is 1.08. The summed E-state index contributed by atoms with van der Waals surface area (Å²) in [5.74, 6) is -0.472. The highest BCUT2D eigenvalue weighted by molar-refractivity contribution is 6.30. The summed E-state index contributed by atoms with van der Waals surface area (Å²) >= 11 is 5.79. The number of halogens is 1. The lowest BCUT2D eigenvalue weighted by Crippen LogP contribution is -2.37. The van der Waals surface area contributed by atoms with Crippen molar-refractivity contribution in [3.63, 3.8) is 0 Å². The molecule has 21 heavy (non-hydrogen) atoms. The van der Waals surface area contributed by atoms with E-state index in [1.165, 1.54) is 12.3 Å². The van der Waals surface area contributed by atoms with Gasteiger partial charge in [-0.05, 0) is 36.2 Å². The van der Waals surface area contributed by atoms with Crippen molar-refractivity contribution in [2.75, 3.05) is 13.1 Å². The molecule has 1 aromatic carbocycles. The summed E-state index contributed by atoms with van der Waals surface area (Å²) < 4.78 is 4.92. The molecule has 0 unspecified atom stereocenters. The van der Waals surface area contributed by atoms with E-state index in [9.17, 15) is 9.59 Å². The number of amides is 2. The molecular formula is C15H15ClN2O3. The molecule has 6 heteroatoms. The third kappa shape index (κ3) is 4.96. The Morgan fingerprint density at radius 3 is 2.52 bits per heavy atom. The molecule has 0 saturated heterocycles. The molecule has 110 valence electrons. The van der Waals surface area contributed by atoms with E-state index in [2.05, 4.69) is 10.6 Å². The Labute approximate surface area is 127 Å². The first-order chi connectivity index (χ1) is 10.1. The van der Waals surface area contributed by atoms with Crippen LogP contribution in [0.4, 0.5) is 0 Å². The van der Waals surface area contributed by atoms with E-state index in [-0.39, 0.29) is 18.2 Å². The number of benzene rings is 1. The Hall–Kier alpha value is -2.27. The summed E-state index contributed by atoms with van der Waals surface area (Å²) in [6.45, 7) is 0.414. The molecule has 2 rings (SSSR count). The highest BCUT2D eigenvalue weighted by Gasteiger charge is 2.09. The first kappa shape index (κ1) is 15.1. The van der Waals surface area contributed by atoms with Crippen LogP contribution in [0, 0.1) is 0 Å². The van der Waals surface area contributed by atoms with Crippen molar-refractivity contribution in [1.29, 1.82) is 0 Å². The number of carbonyl (C=O) groups is 2. The van der Waals surface area contributed by atoms with E-state index in [4.69, 9.17) is 16.0 Å². The van der Waals surface area contributed by atoms with Crippen molar-refractivity contribution in [2.45, 2.75) is 6.42 Å². The number of carbonyl (C=O) groups excluding carboxylic acids is 2. The van der Waals surface area contributed by atoms with Gasteiger partial charge in [-0.15, -0.1) is 0 Å². The topological polar surface area (TPSA) is 71.3 Å². The highest BCUT2D eigenvalue weighted by atomic mass is 35.5. The van der Waals surface area contributed by atoms with Crippen molar-refractivity contribution in [3.8, 4) is 0 Å². The van der Waals surface area contributed by atoms with Crippen LogP contribution in [-0.4, -0.2) is 24.9 Å². The summed E-state index contributed by atoms with van der Waals surface area (Å²) in [6.07, 6.45) is 2.11. The van der Waals surface area contributed by atoms with Crippen LogP contribution in [0.15, 0.2) is 47.1 Å². The molecule has 0 aliphatic carbocycles. The van der Waals surface area contributed by atoms with Crippen LogP contribution in [0.2, 0.25) is 5.02 Å². The van der Waals surface area contributed by atoms with Crippen molar-refractivity contribution in [2.24, 2.45) is 0 Å². The Kier molecular flexibility index (Phi) is 5.40. The monoisotopic (exact) mass is 306 g/mol. The molecular weight excluding hydrogens is 292 g/mol. The third-order valence-electron chi connectivity index (χ3n) is 2.80. The van der Waals surface area contributed by atoms with Gasteiger partial charge in [0.2, 0.25) is 5.91 Å². The molecule has 1 heterocycles. The minimum atomic E-state index is -0.409. The lowest BCUT2D eigenvalue weighted by Gasteiger charge is -2.06. The van der Waals surface area contributed by atoms with Crippen LogP contribution in [0.3, 0.4) is 0 Å². The van der Waals surface area contributed by atoms with Gasteiger partial charge >= 0.3 is 0 Å². The van der Waals surface area contributed by atoms with Crippen molar-refractivity contribution in [1.82, 2.24) is 10.6 Å². The van der Waals surface area contributed by atoms with Gasteiger partial charge in [-0.25, -0.2) is 0 Å². The Balaban J connectivity index is 1.66. The fraction of sp³-hybridized carbons (Fsp3) is 0.200. The lowest BCUT2D eigenvalue weighted by atomic mass is 10.1. The number of nitrogens with one attached hydrogen (secondary N) is 2. The Morgan fingerprint density at radius 1 is 1.10 bits per heavy atom. The fourth-order valence-corrected chi connectivity index (χ4v) is 1.84. The fourth-order valence-electron chi connectivity index (χ4n) is 1.72. The van der Waals surface area contributed by atoms with Gasteiger partial charge < -0.3 is 15.1 Å². The van der Waals surface area contributed by atoms with Crippen LogP contribution in [0.5, 0.6) is 0 Å². The second kappa shape index (κ2) is 7.50. The number of hydrogen-bond donors (Lipinski definition) is 2. The maximum Gasteiger partial charge on any atom is 0.287 e. The van der Waals surface area contributed by atoms with E-state index < -0.39 is 5.91 Å². The van der Waals surface area contributed by atoms with Crippen molar-refractivity contribution < 1.29 is 14.0 Å². The smallest absolute Gasteiger partial charge is 0.287 e. The van der Waals surface area contributed by atoms with Crippen LogP contribution in [0.1, 0.15) is 16.1 Å². The molecule has 0 atom stereocenters. The zero-order valence-corrected chi connectivity index (χ0v) is 12.0. The van der Waals surface area contributed by atoms with Gasteiger partial charge in [-0.3, -0.25) is 9.59 Å². The van der Waals surface area contributed by atoms with E-state index in [1.54, 1.807) is 6.07 Å². The molecule has 2 N–H and O–H groups in total. The van der Waals surface area contributed by atoms with Crippen LogP contribution < -0.4 is 10.6 Å². The largest absolute Gasteiger partial charge is 0.459 e. The second-order valence-corrected chi connectivity index (χ2v) is 4.82. The van der Waals surface area contributed by atoms with Gasteiger partial charge in [0.25, 0.3) is 5.91 Å². The molecule has 0 spiro atoms. The van der Waals surface area contributed by atoms with E-state index in [0.29, 0.717) is 18.0 Å². The summed E-state index contributed by atoms with van der Waals surface area (Å²) in [6, 6.07) is 10.6. The van der Waals surface area contributed by atoms with Gasteiger partial charge in [0.1, 0.15) is 0 Å². The molecule has 0 fully saturated rings. The zero-order valence-electron chi connectivity index (χ0n) is 11.3. The quantitative estimate of drug-likeness (QED) is 0.857. The van der Waals surface area contributed by atoms with E-state index in [0.717, 1.165) is 5.56 Å². The number of rotatable bonds is 6. The molecule has 0 aliphatic heterocycles. The van der Waals surface area contributed by atoms with Crippen molar-refractivity contribution >= 4 is 23.4 Å². The molecule has 0 radical (unpaired) electrons.